The monoisotopic (exact) mass is 180 g/mol. The zero-order chi connectivity index (χ0) is 9.61. The van der Waals surface area contributed by atoms with Crippen molar-refractivity contribution in [3.63, 3.8) is 0 Å². The fraction of sp³-hybridized carbons (Fsp3) is 0.429. The van der Waals surface area contributed by atoms with Gasteiger partial charge in [-0.15, -0.1) is 6.58 Å². The van der Waals surface area contributed by atoms with Crippen LogP contribution in [0.2, 0.25) is 0 Å². The first-order valence-electron chi connectivity index (χ1n) is 3.27. The van der Waals surface area contributed by atoms with Crippen LogP contribution in [0.4, 0.5) is 13.2 Å². The van der Waals surface area contributed by atoms with E-state index in [0.717, 1.165) is 0 Å². The third-order valence-corrected chi connectivity index (χ3v) is 1.02. The lowest BCUT2D eigenvalue weighted by molar-refractivity contribution is -0.173. The van der Waals surface area contributed by atoms with Gasteiger partial charge in [-0.3, -0.25) is 4.79 Å². The lowest BCUT2D eigenvalue weighted by Gasteiger charge is -2.06. The summed E-state index contributed by atoms with van der Waals surface area (Å²) in [6, 6.07) is 0. The number of hydrogen-bond acceptors (Lipinski definition) is 1. The summed E-state index contributed by atoms with van der Waals surface area (Å²) in [6.45, 7) is 3.31. The zero-order valence-corrected chi connectivity index (χ0v) is 6.32. The highest BCUT2D eigenvalue weighted by atomic mass is 19.4. The summed E-state index contributed by atoms with van der Waals surface area (Å²) in [5.41, 5.74) is 0. The van der Waals surface area contributed by atoms with Gasteiger partial charge in [-0.05, 0) is 12.8 Å². The highest BCUT2D eigenvalue weighted by Crippen LogP contribution is 2.13. The summed E-state index contributed by atoms with van der Waals surface area (Å²) >= 11 is 0. The van der Waals surface area contributed by atoms with Crippen LogP contribution in [0, 0.1) is 6.42 Å². The number of carbonyl (C=O) groups excluding carboxylic acids is 1. The molecule has 0 atom stereocenters. The Kier molecular flexibility index (Phi) is 4.39. The van der Waals surface area contributed by atoms with Crippen LogP contribution in [-0.2, 0) is 4.79 Å². The highest BCUT2D eigenvalue weighted by Gasteiger charge is 2.37. The molecule has 0 aliphatic rings. The van der Waals surface area contributed by atoms with Gasteiger partial charge in [0.05, 0.1) is 0 Å². The standard InChI is InChI=1S/C7H9F3NO/c1-2-3-4-5-11-6(12)7(8,9)10/h2-3H,1,4-5H2,(H,11,12). The Hall–Kier alpha value is -1.00. The van der Waals surface area contributed by atoms with E-state index in [-0.39, 0.29) is 6.54 Å². The van der Waals surface area contributed by atoms with Crippen molar-refractivity contribution in [1.82, 2.24) is 5.32 Å². The molecule has 0 bridgehead atoms. The van der Waals surface area contributed by atoms with Crippen molar-refractivity contribution in [1.29, 1.82) is 0 Å². The fourth-order valence-electron chi connectivity index (χ4n) is 0.487. The van der Waals surface area contributed by atoms with E-state index in [2.05, 4.69) is 6.58 Å². The van der Waals surface area contributed by atoms with Crippen LogP contribution in [0.3, 0.4) is 0 Å². The van der Waals surface area contributed by atoms with Gasteiger partial charge >= 0.3 is 12.1 Å². The van der Waals surface area contributed by atoms with E-state index >= 15 is 0 Å². The Morgan fingerprint density at radius 2 is 2.08 bits per heavy atom. The molecule has 0 saturated carbocycles. The number of unbranched alkanes of at least 4 members (excludes halogenated alkanes) is 1. The molecule has 0 spiro atoms. The molecular weight excluding hydrogens is 171 g/mol. The molecule has 1 amide bonds. The Balaban J connectivity index is 3.51. The van der Waals surface area contributed by atoms with Crippen LogP contribution in [0.15, 0.2) is 12.7 Å². The maximum atomic E-state index is 11.5. The van der Waals surface area contributed by atoms with Gasteiger partial charge in [0, 0.05) is 6.54 Å². The summed E-state index contributed by atoms with van der Waals surface area (Å²) in [6.07, 6.45) is -1.41. The Morgan fingerprint density at radius 3 is 2.50 bits per heavy atom. The second-order valence-corrected chi connectivity index (χ2v) is 2.01. The first kappa shape index (κ1) is 11.0. The van der Waals surface area contributed by atoms with E-state index < -0.39 is 12.1 Å². The van der Waals surface area contributed by atoms with E-state index in [1.54, 1.807) is 11.7 Å². The van der Waals surface area contributed by atoms with Crippen LogP contribution in [0.25, 0.3) is 0 Å². The highest BCUT2D eigenvalue weighted by molar-refractivity contribution is 5.81. The smallest absolute Gasteiger partial charge is 0.348 e. The van der Waals surface area contributed by atoms with Gasteiger partial charge in [-0.1, -0.05) is 6.08 Å². The number of rotatable bonds is 4. The minimum absolute atomic E-state index is 0.0234. The molecule has 2 nitrogen and oxygen atoms in total. The summed E-state index contributed by atoms with van der Waals surface area (Å²) in [5, 5.41) is 1.71. The van der Waals surface area contributed by atoms with E-state index in [4.69, 9.17) is 0 Å². The number of amides is 1. The first-order valence-corrected chi connectivity index (χ1v) is 3.27. The minimum Gasteiger partial charge on any atom is -0.348 e. The van der Waals surface area contributed by atoms with E-state index in [0.29, 0.717) is 6.42 Å². The largest absolute Gasteiger partial charge is 0.471 e. The normalized spacial score (nSPS) is 10.9. The van der Waals surface area contributed by atoms with Crippen molar-refractivity contribution in [2.24, 2.45) is 0 Å². The van der Waals surface area contributed by atoms with Gasteiger partial charge in [-0.2, -0.15) is 13.2 Å². The number of halogens is 3. The summed E-state index contributed by atoms with van der Waals surface area (Å²) < 4.78 is 34.5. The number of hydrogen-bond donors (Lipinski definition) is 1. The number of allylic oxidation sites excluding steroid dienone is 1. The van der Waals surface area contributed by atoms with Crippen LogP contribution in [-0.4, -0.2) is 18.6 Å². The molecule has 5 heteroatoms. The van der Waals surface area contributed by atoms with E-state index in [9.17, 15) is 18.0 Å². The van der Waals surface area contributed by atoms with Gasteiger partial charge in [0.1, 0.15) is 0 Å². The average molecular weight is 180 g/mol. The van der Waals surface area contributed by atoms with Gasteiger partial charge in [0.2, 0.25) is 0 Å². The number of alkyl halides is 3. The van der Waals surface area contributed by atoms with Gasteiger partial charge < -0.3 is 5.32 Å². The quantitative estimate of drug-likeness (QED) is 0.652. The molecule has 0 rings (SSSR count). The molecule has 0 aromatic heterocycles. The predicted octanol–water partition coefficient (Wildman–Crippen LogP) is 1.45. The Morgan fingerprint density at radius 1 is 1.50 bits per heavy atom. The molecule has 0 aromatic carbocycles. The topological polar surface area (TPSA) is 29.1 Å². The zero-order valence-electron chi connectivity index (χ0n) is 6.32. The molecule has 0 aliphatic carbocycles. The maximum absolute atomic E-state index is 11.5. The molecule has 0 aliphatic heterocycles. The van der Waals surface area contributed by atoms with Crippen LogP contribution in [0.5, 0.6) is 0 Å². The van der Waals surface area contributed by atoms with Crippen molar-refractivity contribution >= 4 is 5.91 Å². The van der Waals surface area contributed by atoms with Gasteiger partial charge in [0.25, 0.3) is 0 Å². The lowest BCUT2D eigenvalue weighted by atomic mass is 10.3. The molecule has 0 fully saturated rings. The average Bonchev–Trinajstić information content (AvgIpc) is 1.96. The first-order chi connectivity index (χ1) is 5.48. The molecule has 1 N–H and O–H groups in total. The fourth-order valence-corrected chi connectivity index (χ4v) is 0.487. The molecule has 1 radical (unpaired) electrons. The van der Waals surface area contributed by atoms with Crippen LogP contribution in [0.1, 0.15) is 6.42 Å². The predicted molar refractivity (Wildman–Crippen MR) is 38.2 cm³/mol. The van der Waals surface area contributed by atoms with Crippen molar-refractivity contribution in [2.45, 2.75) is 12.6 Å². The number of nitrogens with one attached hydrogen (secondary N) is 1. The maximum Gasteiger partial charge on any atom is 0.471 e. The lowest BCUT2D eigenvalue weighted by Crippen LogP contribution is -2.37. The molecule has 0 unspecified atom stereocenters. The second-order valence-electron chi connectivity index (χ2n) is 2.01. The number of carbonyl (C=O) groups is 1. The molecule has 0 heterocycles. The molecular formula is C7H9F3NO. The summed E-state index contributed by atoms with van der Waals surface area (Å²) in [7, 11) is 0. The van der Waals surface area contributed by atoms with Crippen LogP contribution >= 0.6 is 0 Å². The Labute approximate surface area is 68.4 Å². The second kappa shape index (κ2) is 4.79. The summed E-state index contributed by atoms with van der Waals surface area (Å²) in [5.74, 6) is -1.90. The molecule has 12 heavy (non-hydrogen) atoms. The van der Waals surface area contributed by atoms with Crippen molar-refractivity contribution in [3.8, 4) is 0 Å². The van der Waals surface area contributed by atoms with Crippen molar-refractivity contribution in [2.75, 3.05) is 6.54 Å². The van der Waals surface area contributed by atoms with Crippen molar-refractivity contribution in [3.05, 3.63) is 19.1 Å². The molecule has 0 aromatic rings. The van der Waals surface area contributed by atoms with Crippen LogP contribution < -0.4 is 5.32 Å². The Bertz CT molecular complexity index is 165. The van der Waals surface area contributed by atoms with Crippen molar-refractivity contribution < 1.29 is 18.0 Å². The summed E-state index contributed by atoms with van der Waals surface area (Å²) in [4.78, 5) is 10.2. The third-order valence-electron chi connectivity index (χ3n) is 1.02. The third kappa shape index (κ3) is 4.76. The van der Waals surface area contributed by atoms with Gasteiger partial charge in [-0.25, -0.2) is 0 Å². The molecule has 0 saturated heterocycles. The SMILES string of the molecule is C=C[CH]CCNC(=O)C(F)(F)F. The van der Waals surface area contributed by atoms with Gasteiger partial charge in [0.15, 0.2) is 0 Å². The van der Waals surface area contributed by atoms with E-state index in [1.807, 2.05) is 0 Å². The molecule has 69 valence electrons. The minimum atomic E-state index is -4.78. The van der Waals surface area contributed by atoms with E-state index in [1.165, 1.54) is 6.08 Å².